The Morgan fingerprint density at radius 2 is 2.05 bits per heavy atom. The molecule has 1 atom stereocenters. The summed E-state index contributed by atoms with van der Waals surface area (Å²) in [4.78, 5) is 0. The molecule has 0 aliphatic rings. The first-order chi connectivity index (χ1) is 9.06. The van der Waals surface area contributed by atoms with Gasteiger partial charge in [0.15, 0.2) is 5.76 Å². The number of aliphatic hydroxyl groups is 1. The quantitative estimate of drug-likeness (QED) is 0.892. The van der Waals surface area contributed by atoms with Crippen LogP contribution >= 0.6 is 23.2 Å². The molecule has 3 N–H and O–H groups in total. The van der Waals surface area contributed by atoms with Crippen LogP contribution in [0.3, 0.4) is 0 Å². The molecule has 0 saturated heterocycles. The van der Waals surface area contributed by atoms with Gasteiger partial charge < -0.3 is 14.8 Å². The number of hydrogen-bond acceptors (Lipinski definition) is 2. The predicted molar refractivity (Wildman–Crippen MR) is 76.3 cm³/mol. The predicted octanol–water partition coefficient (Wildman–Crippen LogP) is 2.70. The first-order valence-corrected chi connectivity index (χ1v) is 6.85. The molecule has 0 radical (unpaired) electrons. The van der Waals surface area contributed by atoms with Gasteiger partial charge in [-0.15, -0.1) is 0 Å². The number of furan rings is 1. The normalized spacial score (nSPS) is 12.6. The van der Waals surface area contributed by atoms with E-state index in [2.05, 4.69) is 0 Å². The van der Waals surface area contributed by atoms with Crippen LogP contribution in [0.25, 0.3) is 11.3 Å². The highest BCUT2D eigenvalue weighted by molar-refractivity contribution is 6.36. The van der Waals surface area contributed by atoms with Crippen molar-refractivity contribution in [1.82, 2.24) is 0 Å². The Kier molecular flexibility index (Phi) is 4.88. The number of aliphatic hydroxyl groups excluding tert-OH is 1. The average Bonchev–Trinajstić information content (AvgIpc) is 2.77. The summed E-state index contributed by atoms with van der Waals surface area (Å²) in [6.07, 6.45) is -0.319. The average molecular weight is 301 g/mol. The number of hydrogen-bond donors (Lipinski definition) is 2. The molecule has 0 aliphatic heterocycles. The van der Waals surface area contributed by atoms with E-state index >= 15 is 0 Å². The van der Waals surface area contributed by atoms with Crippen molar-refractivity contribution in [1.29, 1.82) is 0 Å². The Hall–Kier alpha value is -1.00. The van der Waals surface area contributed by atoms with Gasteiger partial charge in [0.1, 0.15) is 18.8 Å². The zero-order chi connectivity index (χ0) is 13.8. The van der Waals surface area contributed by atoms with Crippen molar-refractivity contribution in [2.24, 2.45) is 0 Å². The molecular formula is C14H16Cl2NO2+. The molecule has 0 aliphatic carbocycles. The second-order valence-corrected chi connectivity index (χ2v) is 5.31. The monoisotopic (exact) mass is 300 g/mol. The Labute approximate surface area is 122 Å². The standard InChI is InChI=1S/C14H15Cl2NO2/c1-9(18)7-17-8-11-3-5-14(19-11)12-4-2-10(15)6-13(12)16/h2-6,9,17-18H,7-8H2,1H3/p+1/t9-/m0/s1. The van der Waals surface area contributed by atoms with Crippen LogP contribution in [0.1, 0.15) is 12.7 Å². The van der Waals surface area contributed by atoms with E-state index in [1.54, 1.807) is 19.1 Å². The SMILES string of the molecule is C[C@H](O)C[NH2+]Cc1ccc(-c2ccc(Cl)cc2Cl)o1. The number of nitrogens with two attached hydrogens (primary N) is 1. The fourth-order valence-electron chi connectivity index (χ4n) is 1.79. The maximum absolute atomic E-state index is 9.18. The summed E-state index contributed by atoms with van der Waals surface area (Å²) in [5.41, 5.74) is 0.827. The van der Waals surface area contributed by atoms with Crippen molar-refractivity contribution in [3.63, 3.8) is 0 Å². The zero-order valence-corrected chi connectivity index (χ0v) is 12.1. The Bertz CT molecular complexity index is 552. The fraction of sp³-hybridized carbons (Fsp3) is 0.286. The molecule has 3 nitrogen and oxygen atoms in total. The molecule has 19 heavy (non-hydrogen) atoms. The highest BCUT2D eigenvalue weighted by Crippen LogP contribution is 2.31. The van der Waals surface area contributed by atoms with Crippen molar-refractivity contribution >= 4 is 23.2 Å². The summed E-state index contributed by atoms with van der Waals surface area (Å²) in [5.74, 6) is 1.57. The van der Waals surface area contributed by atoms with Crippen LogP contribution in [0, 0.1) is 0 Å². The summed E-state index contributed by atoms with van der Waals surface area (Å²) in [7, 11) is 0. The van der Waals surface area contributed by atoms with Crippen molar-refractivity contribution in [2.45, 2.75) is 19.6 Å². The van der Waals surface area contributed by atoms with E-state index in [1.807, 2.05) is 23.5 Å². The lowest BCUT2D eigenvalue weighted by Crippen LogP contribution is -2.84. The van der Waals surface area contributed by atoms with Gasteiger partial charge in [0.25, 0.3) is 0 Å². The molecule has 1 aromatic heterocycles. The van der Waals surface area contributed by atoms with Gasteiger partial charge in [0.2, 0.25) is 0 Å². The molecule has 0 saturated carbocycles. The highest BCUT2D eigenvalue weighted by atomic mass is 35.5. The second kappa shape index (κ2) is 6.44. The molecule has 1 heterocycles. The summed E-state index contributed by atoms with van der Waals surface area (Å²) >= 11 is 12.0. The van der Waals surface area contributed by atoms with Gasteiger partial charge in [0, 0.05) is 10.6 Å². The van der Waals surface area contributed by atoms with Crippen molar-refractivity contribution in [3.8, 4) is 11.3 Å². The largest absolute Gasteiger partial charge is 0.455 e. The minimum Gasteiger partial charge on any atom is -0.455 e. The van der Waals surface area contributed by atoms with Crippen molar-refractivity contribution < 1.29 is 14.8 Å². The second-order valence-electron chi connectivity index (χ2n) is 4.47. The lowest BCUT2D eigenvalue weighted by atomic mass is 10.2. The van der Waals surface area contributed by atoms with E-state index in [0.717, 1.165) is 17.1 Å². The molecule has 0 spiro atoms. The van der Waals surface area contributed by atoms with Crippen LogP contribution < -0.4 is 5.32 Å². The number of quaternary nitrogens is 1. The Morgan fingerprint density at radius 1 is 1.26 bits per heavy atom. The number of halogens is 2. The van der Waals surface area contributed by atoms with E-state index in [1.165, 1.54) is 0 Å². The van der Waals surface area contributed by atoms with Gasteiger partial charge in [-0.3, -0.25) is 0 Å². The third-order valence-electron chi connectivity index (χ3n) is 2.71. The minimum atomic E-state index is -0.319. The Morgan fingerprint density at radius 3 is 2.74 bits per heavy atom. The smallest absolute Gasteiger partial charge is 0.158 e. The third kappa shape index (κ3) is 3.98. The van der Waals surface area contributed by atoms with E-state index in [0.29, 0.717) is 23.1 Å². The molecule has 5 heteroatoms. The minimum absolute atomic E-state index is 0.319. The Balaban J connectivity index is 2.08. The maximum atomic E-state index is 9.18. The molecule has 0 fully saturated rings. The van der Waals surface area contributed by atoms with E-state index in [9.17, 15) is 5.11 Å². The summed E-state index contributed by atoms with van der Waals surface area (Å²) < 4.78 is 5.73. The first kappa shape index (κ1) is 14.4. The summed E-state index contributed by atoms with van der Waals surface area (Å²) in [5, 5.41) is 12.4. The molecular weight excluding hydrogens is 285 g/mol. The zero-order valence-electron chi connectivity index (χ0n) is 10.6. The maximum Gasteiger partial charge on any atom is 0.158 e. The molecule has 1 aromatic carbocycles. The van der Waals surface area contributed by atoms with Gasteiger partial charge >= 0.3 is 0 Å². The van der Waals surface area contributed by atoms with Crippen LogP contribution in [-0.4, -0.2) is 17.8 Å². The van der Waals surface area contributed by atoms with Crippen LogP contribution in [0.4, 0.5) is 0 Å². The van der Waals surface area contributed by atoms with Gasteiger partial charge in [-0.1, -0.05) is 23.2 Å². The molecule has 0 bridgehead atoms. The molecule has 0 unspecified atom stereocenters. The lowest BCUT2D eigenvalue weighted by molar-refractivity contribution is -0.677. The first-order valence-electron chi connectivity index (χ1n) is 6.10. The van der Waals surface area contributed by atoms with Gasteiger partial charge in [-0.25, -0.2) is 0 Å². The van der Waals surface area contributed by atoms with Gasteiger partial charge in [-0.05, 0) is 37.3 Å². The number of benzene rings is 1. The molecule has 2 aromatic rings. The molecule has 0 amide bonds. The number of rotatable bonds is 5. The summed E-state index contributed by atoms with van der Waals surface area (Å²) in [6, 6.07) is 9.12. The van der Waals surface area contributed by atoms with Crippen LogP contribution in [0.15, 0.2) is 34.7 Å². The lowest BCUT2D eigenvalue weighted by Gasteiger charge is -2.03. The van der Waals surface area contributed by atoms with Crippen molar-refractivity contribution in [3.05, 3.63) is 46.1 Å². The molecule has 2 rings (SSSR count). The third-order valence-corrected chi connectivity index (χ3v) is 3.26. The molecule has 102 valence electrons. The summed E-state index contributed by atoms with van der Waals surface area (Å²) in [6.45, 7) is 3.10. The van der Waals surface area contributed by atoms with Gasteiger partial charge in [-0.2, -0.15) is 0 Å². The van der Waals surface area contributed by atoms with Crippen LogP contribution in [0.5, 0.6) is 0 Å². The van der Waals surface area contributed by atoms with Crippen LogP contribution in [-0.2, 0) is 6.54 Å². The fourth-order valence-corrected chi connectivity index (χ4v) is 2.29. The van der Waals surface area contributed by atoms with E-state index in [4.69, 9.17) is 27.6 Å². The van der Waals surface area contributed by atoms with E-state index in [-0.39, 0.29) is 6.10 Å². The van der Waals surface area contributed by atoms with E-state index < -0.39 is 0 Å². The van der Waals surface area contributed by atoms with Gasteiger partial charge in [0.05, 0.1) is 11.1 Å². The van der Waals surface area contributed by atoms with Crippen molar-refractivity contribution in [2.75, 3.05) is 6.54 Å². The van der Waals surface area contributed by atoms with Crippen LogP contribution in [0.2, 0.25) is 10.0 Å². The highest BCUT2D eigenvalue weighted by Gasteiger charge is 2.10. The topological polar surface area (TPSA) is 50.0 Å².